The van der Waals surface area contributed by atoms with Crippen LogP contribution in [0.5, 0.6) is 5.75 Å². The number of rotatable bonds is 4. The first kappa shape index (κ1) is 10.4. The predicted molar refractivity (Wildman–Crippen MR) is 56.3 cm³/mol. The van der Waals surface area contributed by atoms with E-state index in [9.17, 15) is 4.39 Å². The molecule has 1 aromatic carbocycles. The monoisotopic (exact) mass is 222 g/mol. The molecule has 0 aliphatic rings. The summed E-state index contributed by atoms with van der Waals surface area (Å²) in [5.74, 6) is 0.715. The zero-order valence-corrected chi connectivity index (χ0v) is 8.51. The van der Waals surface area contributed by atoms with Crippen molar-refractivity contribution in [1.82, 2.24) is 15.0 Å². The topological polar surface area (TPSA) is 66.0 Å². The molecule has 1 heterocycles. The van der Waals surface area contributed by atoms with Gasteiger partial charge in [-0.2, -0.15) is 0 Å². The van der Waals surface area contributed by atoms with Crippen LogP contribution < -0.4 is 10.5 Å². The normalized spacial score (nSPS) is 10.3. The average molecular weight is 222 g/mol. The molecule has 5 nitrogen and oxygen atoms in total. The summed E-state index contributed by atoms with van der Waals surface area (Å²) >= 11 is 0. The zero-order chi connectivity index (χ0) is 11.4. The molecule has 84 valence electrons. The predicted octanol–water partition coefficient (Wildman–Crippen LogP) is 1.08. The van der Waals surface area contributed by atoms with Crippen LogP contribution in [0, 0.1) is 5.82 Å². The minimum Gasteiger partial charge on any atom is -0.492 e. The summed E-state index contributed by atoms with van der Waals surface area (Å²) in [5.41, 5.74) is 5.40. The Bertz CT molecular complexity index is 454. The quantitative estimate of drug-likeness (QED) is 0.840. The molecule has 0 bridgehead atoms. The van der Waals surface area contributed by atoms with Gasteiger partial charge in [-0.1, -0.05) is 5.21 Å². The number of benzene rings is 1. The van der Waals surface area contributed by atoms with Crippen LogP contribution in [-0.2, 0) is 6.54 Å². The molecule has 16 heavy (non-hydrogen) atoms. The van der Waals surface area contributed by atoms with Crippen LogP contribution in [-0.4, -0.2) is 21.6 Å². The molecule has 0 saturated carbocycles. The second kappa shape index (κ2) is 4.61. The van der Waals surface area contributed by atoms with E-state index in [1.54, 1.807) is 23.0 Å². The van der Waals surface area contributed by atoms with E-state index in [1.807, 2.05) is 0 Å². The number of nitrogens with two attached hydrogens (primary N) is 1. The summed E-state index contributed by atoms with van der Waals surface area (Å²) in [6, 6.07) is 5.85. The number of halogens is 1. The van der Waals surface area contributed by atoms with Crippen molar-refractivity contribution in [3.8, 4) is 5.75 Å². The van der Waals surface area contributed by atoms with Gasteiger partial charge in [-0.25, -0.2) is 9.07 Å². The van der Waals surface area contributed by atoms with Crippen LogP contribution in [0.25, 0.3) is 0 Å². The third kappa shape index (κ3) is 2.69. The van der Waals surface area contributed by atoms with E-state index in [0.29, 0.717) is 24.7 Å². The van der Waals surface area contributed by atoms with Gasteiger partial charge in [0.05, 0.1) is 12.7 Å². The molecule has 0 amide bonds. The van der Waals surface area contributed by atoms with Gasteiger partial charge < -0.3 is 10.5 Å². The molecule has 0 unspecified atom stereocenters. The maximum absolute atomic E-state index is 12.6. The van der Waals surface area contributed by atoms with E-state index in [0.717, 1.165) is 0 Å². The number of anilines is 1. The van der Waals surface area contributed by atoms with Gasteiger partial charge in [0.15, 0.2) is 5.82 Å². The fourth-order valence-electron chi connectivity index (χ4n) is 1.21. The summed E-state index contributed by atoms with van der Waals surface area (Å²) in [6.07, 6.45) is 1.62. The Morgan fingerprint density at radius 2 is 2.06 bits per heavy atom. The van der Waals surface area contributed by atoms with Crippen LogP contribution >= 0.6 is 0 Å². The number of hydrogen-bond acceptors (Lipinski definition) is 4. The average Bonchev–Trinajstić information content (AvgIpc) is 2.67. The van der Waals surface area contributed by atoms with Crippen LogP contribution in [0.3, 0.4) is 0 Å². The first-order chi connectivity index (χ1) is 7.74. The largest absolute Gasteiger partial charge is 0.492 e. The summed E-state index contributed by atoms with van der Waals surface area (Å²) in [7, 11) is 0. The molecule has 1 aromatic heterocycles. The molecule has 0 spiro atoms. The number of nitrogen functional groups attached to an aromatic ring is 1. The van der Waals surface area contributed by atoms with Crippen molar-refractivity contribution in [2.45, 2.75) is 6.54 Å². The van der Waals surface area contributed by atoms with Gasteiger partial charge in [0.25, 0.3) is 0 Å². The molecule has 2 rings (SSSR count). The first-order valence-corrected chi connectivity index (χ1v) is 4.78. The standard InChI is InChI=1S/C10H11FN4O/c11-8-1-3-9(4-2-8)16-6-5-15-7-10(12)13-14-15/h1-4,7H,5-6,12H2. The zero-order valence-electron chi connectivity index (χ0n) is 8.51. The lowest BCUT2D eigenvalue weighted by molar-refractivity contribution is 0.289. The van der Waals surface area contributed by atoms with Gasteiger partial charge in [0.1, 0.15) is 18.2 Å². The van der Waals surface area contributed by atoms with Crippen molar-refractivity contribution in [3.05, 3.63) is 36.3 Å². The minimum atomic E-state index is -0.281. The number of hydrogen-bond donors (Lipinski definition) is 1. The molecule has 0 aliphatic carbocycles. The van der Waals surface area contributed by atoms with Crippen molar-refractivity contribution in [2.75, 3.05) is 12.3 Å². The van der Waals surface area contributed by atoms with Crippen molar-refractivity contribution < 1.29 is 9.13 Å². The Morgan fingerprint density at radius 3 is 2.69 bits per heavy atom. The van der Waals surface area contributed by atoms with Crippen molar-refractivity contribution >= 4 is 5.82 Å². The summed E-state index contributed by atoms with van der Waals surface area (Å²) in [4.78, 5) is 0. The maximum atomic E-state index is 12.6. The van der Waals surface area contributed by atoms with E-state index >= 15 is 0 Å². The Hall–Kier alpha value is -2.11. The van der Waals surface area contributed by atoms with Gasteiger partial charge in [-0.15, -0.1) is 5.10 Å². The second-order valence-corrected chi connectivity index (χ2v) is 3.21. The highest BCUT2D eigenvalue weighted by molar-refractivity contribution is 5.22. The molecule has 0 radical (unpaired) electrons. The number of ether oxygens (including phenoxy) is 1. The summed E-state index contributed by atoms with van der Waals surface area (Å²) in [5, 5.41) is 7.40. The highest BCUT2D eigenvalue weighted by Gasteiger charge is 1.97. The lowest BCUT2D eigenvalue weighted by Crippen LogP contribution is -2.08. The lowest BCUT2D eigenvalue weighted by atomic mass is 10.3. The molecule has 0 atom stereocenters. The van der Waals surface area contributed by atoms with Crippen LogP contribution in [0.4, 0.5) is 10.2 Å². The van der Waals surface area contributed by atoms with Crippen molar-refractivity contribution in [3.63, 3.8) is 0 Å². The van der Waals surface area contributed by atoms with Gasteiger partial charge in [-0.05, 0) is 24.3 Å². The van der Waals surface area contributed by atoms with E-state index in [2.05, 4.69) is 10.3 Å². The van der Waals surface area contributed by atoms with Crippen LogP contribution in [0.2, 0.25) is 0 Å². The van der Waals surface area contributed by atoms with Crippen LogP contribution in [0.15, 0.2) is 30.5 Å². The van der Waals surface area contributed by atoms with E-state index < -0.39 is 0 Å². The van der Waals surface area contributed by atoms with E-state index in [1.165, 1.54) is 12.1 Å². The molecule has 0 saturated heterocycles. The minimum absolute atomic E-state index is 0.281. The van der Waals surface area contributed by atoms with Gasteiger partial charge >= 0.3 is 0 Å². The van der Waals surface area contributed by atoms with E-state index in [-0.39, 0.29) is 5.82 Å². The Kier molecular flexibility index (Phi) is 3.00. The highest BCUT2D eigenvalue weighted by atomic mass is 19.1. The molecule has 2 aromatic rings. The highest BCUT2D eigenvalue weighted by Crippen LogP contribution is 2.10. The SMILES string of the molecule is Nc1cn(CCOc2ccc(F)cc2)nn1. The second-order valence-electron chi connectivity index (χ2n) is 3.21. The van der Waals surface area contributed by atoms with Crippen molar-refractivity contribution in [1.29, 1.82) is 0 Å². The summed E-state index contributed by atoms with van der Waals surface area (Å²) in [6.45, 7) is 0.968. The van der Waals surface area contributed by atoms with Crippen molar-refractivity contribution in [2.24, 2.45) is 0 Å². The smallest absolute Gasteiger partial charge is 0.165 e. The third-order valence-electron chi connectivity index (χ3n) is 1.96. The van der Waals surface area contributed by atoms with Gasteiger partial charge in [0.2, 0.25) is 0 Å². The molecule has 0 aliphatic heterocycles. The molecule has 0 fully saturated rings. The molecule has 6 heteroatoms. The number of nitrogens with zero attached hydrogens (tertiary/aromatic N) is 3. The summed E-state index contributed by atoms with van der Waals surface area (Å²) < 4.78 is 19.5. The van der Waals surface area contributed by atoms with Gasteiger partial charge in [0, 0.05) is 0 Å². The van der Waals surface area contributed by atoms with Gasteiger partial charge in [-0.3, -0.25) is 0 Å². The molecular formula is C10H11FN4O. The Morgan fingerprint density at radius 1 is 1.31 bits per heavy atom. The van der Waals surface area contributed by atoms with E-state index in [4.69, 9.17) is 10.5 Å². The fourth-order valence-corrected chi connectivity index (χ4v) is 1.21. The Balaban J connectivity index is 1.82. The van der Waals surface area contributed by atoms with Crippen LogP contribution in [0.1, 0.15) is 0 Å². The number of aromatic nitrogens is 3. The molecular weight excluding hydrogens is 211 g/mol. The fraction of sp³-hybridized carbons (Fsp3) is 0.200. The lowest BCUT2D eigenvalue weighted by Gasteiger charge is -2.05. The molecule has 2 N–H and O–H groups in total. The first-order valence-electron chi connectivity index (χ1n) is 4.78. The maximum Gasteiger partial charge on any atom is 0.165 e. The Labute approximate surface area is 91.6 Å². The third-order valence-corrected chi connectivity index (χ3v) is 1.96.